The number of carbonyl (C=O) groups excluding carboxylic acids is 1. The van der Waals surface area contributed by atoms with Crippen LogP contribution >= 0.6 is 0 Å². The number of hydrogen-bond donors (Lipinski definition) is 1. The van der Waals surface area contributed by atoms with Crippen molar-refractivity contribution in [2.24, 2.45) is 5.92 Å². The van der Waals surface area contributed by atoms with E-state index in [2.05, 4.69) is 11.9 Å². The smallest absolute Gasteiger partial charge is 0.243 e. The molecule has 0 aromatic rings. The normalized spacial score (nSPS) is 36.2. The van der Waals surface area contributed by atoms with Gasteiger partial charge in [0, 0.05) is 12.5 Å². The molecule has 0 aromatic carbocycles. The van der Waals surface area contributed by atoms with E-state index in [9.17, 15) is 4.79 Å². The standard InChI is InChI=1S/C10H15NO2/c1-2-10(12)11-6-7-5-8-3-4-9(7)13-8/h2,7-9H,1,3-6H2,(H,11,12). The van der Waals surface area contributed by atoms with Crippen LogP contribution < -0.4 is 5.32 Å². The number of fused-ring (bicyclic) bond motifs is 2. The zero-order valence-electron chi connectivity index (χ0n) is 7.66. The summed E-state index contributed by atoms with van der Waals surface area (Å²) in [5, 5.41) is 2.82. The van der Waals surface area contributed by atoms with Gasteiger partial charge >= 0.3 is 0 Å². The lowest BCUT2D eigenvalue weighted by Gasteiger charge is -2.18. The lowest BCUT2D eigenvalue weighted by Crippen LogP contribution is -2.32. The van der Waals surface area contributed by atoms with E-state index in [4.69, 9.17) is 4.74 Å². The summed E-state index contributed by atoms with van der Waals surface area (Å²) in [5.74, 6) is 0.449. The Kier molecular flexibility index (Phi) is 2.36. The monoisotopic (exact) mass is 181 g/mol. The predicted molar refractivity (Wildman–Crippen MR) is 49.2 cm³/mol. The van der Waals surface area contributed by atoms with Gasteiger partial charge in [-0.3, -0.25) is 4.79 Å². The summed E-state index contributed by atoms with van der Waals surface area (Å²) < 4.78 is 5.67. The van der Waals surface area contributed by atoms with Crippen molar-refractivity contribution < 1.29 is 9.53 Å². The molecule has 3 nitrogen and oxygen atoms in total. The van der Waals surface area contributed by atoms with Gasteiger partial charge in [-0.05, 0) is 25.3 Å². The number of nitrogens with one attached hydrogen (secondary N) is 1. The summed E-state index contributed by atoms with van der Waals surface area (Å²) in [4.78, 5) is 10.9. The number of ether oxygens (including phenoxy) is 1. The zero-order valence-corrected chi connectivity index (χ0v) is 7.66. The molecule has 2 rings (SSSR count). The largest absolute Gasteiger partial charge is 0.375 e. The molecule has 2 heterocycles. The molecule has 2 fully saturated rings. The van der Waals surface area contributed by atoms with E-state index in [-0.39, 0.29) is 5.91 Å². The van der Waals surface area contributed by atoms with E-state index >= 15 is 0 Å². The van der Waals surface area contributed by atoms with E-state index in [1.165, 1.54) is 18.9 Å². The summed E-state index contributed by atoms with van der Waals surface area (Å²) in [6, 6.07) is 0. The van der Waals surface area contributed by atoms with Gasteiger partial charge in [0.2, 0.25) is 5.91 Å². The highest BCUT2D eigenvalue weighted by Gasteiger charge is 2.40. The van der Waals surface area contributed by atoms with Crippen LogP contribution in [0.15, 0.2) is 12.7 Å². The van der Waals surface area contributed by atoms with E-state index in [1.807, 2.05) is 0 Å². The van der Waals surface area contributed by atoms with Crippen LogP contribution in [0.4, 0.5) is 0 Å². The number of amides is 1. The SMILES string of the molecule is C=CC(=O)NCC1CC2CCC1O2. The van der Waals surface area contributed by atoms with E-state index in [0.717, 1.165) is 13.0 Å². The van der Waals surface area contributed by atoms with Gasteiger partial charge < -0.3 is 10.1 Å². The Hall–Kier alpha value is -0.830. The lowest BCUT2D eigenvalue weighted by atomic mass is 9.89. The van der Waals surface area contributed by atoms with Crippen molar-refractivity contribution >= 4 is 5.91 Å². The van der Waals surface area contributed by atoms with Gasteiger partial charge in [0.05, 0.1) is 12.2 Å². The van der Waals surface area contributed by atoms with E-state index in [1.54, 1.807) is 0 Å². The molecular formula is C10H15NO2. The fourth-order valence-corrected chi connectivity index (χ4v) is 2.26. The van der Waals surface area contributed by atoms with Crippen LogP contribution in [0.2, 0.25) is 0 Å². The molecule has 2 bridgehead atoms. The molecule has 2 saturated heterocycles. The van der Waals surface area contributed by atoms with Crippen molar-refractivity contribution in [2.45, 2.75) is 31.5 Å². The van der Waals surface area contributed by atoms with Gasteiger partial charge in [0.25, 0.3) is 0 Å². The molecule has 0 aromatic heterocycles. The highest BCUT2D eigenvalue weighted by molar-refractivity contribution is 5.86. The van der Waals surface area contributed by atoms with Crippen LogP contribution in [-0.2, 0) is 9.53 Å². The van der Waals surface area contributed by atoms with Crippen molar-refractivity contribution in [3.05, 3.63) is 12.7 Å². The summed E-state index contributed by atoms with van der Waals surface area (Å²) >= 11 is 0. The second kappa shape index (κ2) is 3.50. The molecule has 72 valence electrons. The summed E-state index contributed by atoms with van der Waals surface area (Å²) in [5.41, 5.74) is 0. The summed E-state index contributed by atoms with van der Waals surface area (Å²) in [6.07, 6.45) is 5.66. The summed E-state index contributed by atoms with van der Waals surface area (Å²) in [7, 11) is 0. The maximum Gasteiger partial charge on any atom is 0.243 e. The molecule has 3 atom stereocenters. The third-order valence-corrected chi connectivity index (χ3v) is 2.96. The van der Waals surface area contributed by atoms with E-state index < -0.39 is 0 Å². The molecular weight excluding hydrogens is 166 g/mol. The quantitative estimate of drug-likeness (QED) is 0.656. The molecule has 1 amide bonds. The highest BCUT2D eigenvalue weighted by atomic mass is 16.5. The van der Waals surface area contributed by atoms with Crippen LogP contribution in [0.25, 0.3) is 0 Å². The van der Waals surface area contributed by atoms with Crippen molar-refractivity contribution in [3.8, 4) is 0 Å². The van der Waals surface area contributed by atoms with Crippen LogP contribution in [0.1, 0.15) is 19.3 Å². The maximum atomic E-state index is 10.9. The Morgan fingerprint density at radius 3 is 3.00 bits per heavy atom. The minimum Gasteiger partial charge on any atom is -0.375 e. The van der Waals surface area contributed by atoms with Gasteiger partial charge in [-0.25, -0.2) is 0 Å². The first-order valence-electron chi connectivity index (χ1n) is 4.85. The Morgan fingerprint density at radius 1 is 1.62 bits per heavy atom. The van der Waals surface area contributed by atoms with Crippen molar-refractivity contribution in [2.75, 3.05) is 6.54 Å². The molecule has 13 heavy (non-hydrogen) atoms. The van der Waals surface area contributed by atoms with Gasteiger partial charge in [-0.15, -0.1) is 0 Å². The lowest BCUT2D eigenvalue weighted by molar-refractivity contribution is -0.116. The topological polar surface area (TPSA) is 38.3 Å². The van der Waals surface area contributed by atoms with Crippen LogP contribution in [-0.4, -0.2) is 24.7 Å². The average molecular weight is 181 g/mol. The van der Waals surface area contributed by atoms with Gasteiger partial charge in [0.1, 0.15) is 0 Å². The average Bonchev–Trinajstić information content (AvgIpc) is 2.74. The molecule has 0 spiro atoms. The first-order chi connectivity index (χ1) is 6.29. The Morgan fingerprint density at radius 2 is 2.46 bits per heavy atom. The molecule has 2 aliphatic heterocycles. The van der Waals surface area contributed by atoms with Crippen molar-refractivity contribution in [1.82, 2.24) is 5.32 Å². The fraction of sp³-hybridized carbons (Fsp3) is 0.700. The number of carbonyl (C=O) groups is 1. The predicted octanol–water partition coefficient (Wildman–Crippen LogP) is 0.856. The molecule has 1 N–H and O–H groups in total. The molecule has 2 aliphatic rings. The fourth-order valence-electron chi connectivity index (χ4n) is 2.26. The number of hydrogen-bond acceptors (Lipinski definition) is 2. The number of rotatable bonds is 3. The van der Waals surface area contributed by atoms with Gasteiger partial charge in [-0.1, -0.05) is 6.58 Å². The second-order valence-corrected chi connectivity index (χ2v) is 3.82. The van der Waals surface area contributed by atoms with Gasteiger partial charge in [0.15, 0.2) is 0 Å². The van der Waals surface area contributed by atoms with E-state index in [0.29, 0.717) is 18.1 Å². The van der Waals surface area contributed by atoms with Crippen molar-refractivity contribution in [3.63, 3.8) is 0 Å². The third-order valence-electron chi connectivity index (χ3n) is 2.96. The van der Waals surface area contributed by atoms with Crippen LogP contribution in [0.5, 0.6) is 0 Å². The first-order valence-corrected chi connectivity index (χ1v) is 4.85. The minimum absolute atomic E-state index is 0.0808. The molecule has 3 heteroatoms. The Labute approximate surface area is 78.1 Å². The minimum atomic E-state index is -0.0808. The molecule has 3 unspecified atom stereocenters. The van der Waals surface area contributed by atoms with Crippen molar-refractivity contribution in [1.29, 1.82) is 0 Å². The van der Waals surface area contributed by atoms with Crippen LogP contribution in [0, 0.1) is 5.92 Å². The molecule has 0 aliphatic carbocycles. The Balaban J connectivity index is 1.77. The second-order valence-electron chi connectivity index (χ2n) is 3.82. The Bertz CT molecular complexity index is 227. The highest BCUT2D eigenvalue weighted by Crippen LogP contribution is 2.38. The maximum absolute atomic E-state index is 10.9. The van der Waals surface area contributed by atoms with Gasteiger partial charge in [-0.2, -0.15) is 0 Å². The van der Waals surface area contributed by atoms with Crippen LogP contribution in [0.3, 0.4) is 0 Å². The molecule has 0 radical (unpaired) electrons. The third kappa shape index (κ3) is 1.75. The first kappa shape index (κ1) is 8.75. The summed E-state index contributed by atoms with van der Waals surface area (Å²) in [6.45, 7) is 4.15. The zero-order chi connectivity index (χ0) is 9.26. The molecule has 0 saturated carbocycles.